The van der Waals surface area contributed by atoms with Crippen LogP contribution in [0, 0.1) is 13.8 Å². The van der Waals surface area contributed by atoms with Crippen LogP contribution in [0.15, 0.2) is 53.7 Å². The monoisotopic (exact) mass is 555 g/mol. The van der Waals surface area contributed by atoms with Crippen molar-refractivity contribution in [1.82, 2.24) is 14.9 Å². The van der Waals surface area contributed by atoms with Crippen LogP contribution in [0.1, 0.15) is 45.6 Å². The highest BCUT2D eigenvalue weighted by Gasteiger charge is 2.31. The van der Waals surface area contributed by atoms with Crippen molar-refractivity contribution in [2.75, 3.05) is 49.1 Å². The Hall–Kier alpha value is -3.27. The zero-order chi connectivity index (χ0) is 27.6. The van der Waals surface area contributed by atoms with Crippen molar-refractivity contribution < 1.29 is 18.0 Å². The van der Waals surface area contributed by atoms with Crippen LogP contribution in [0.5, 0.6) is 0 Å². The number of hydrogen-bond acceptors (Lipinski definition) is 6. The first-order chi connectivity index (χ1) is 18.7. The van der Waals surface area contributed by atoms with Crippen LogP contribution in [-0.2, 0) is 11.9 Å². The van der Waals surface area contributed by atoms with Crippen LogP contribution >= 0.6 is 11.8 Å². The summed E-state index contributed by atoms with van der Waals surface area (Å²) in [7, 11) is 0. The fourth-order valence-electron chi connectivity index (χ4n) is 5.06. The second-order valence-electron chi connectivity index (χ2n) is 10.1. The number of likely N-dealkylation sites (tertiary alicyclic amines) is 1. The second-order valence-corrected chi connectivity index (χ2v) is 11.0. The summed E-state index contributed by atoms with van der Waals surface area (Å²) in [6, 6.07) is 13.3. The van der Waals surface area contributed by atoms with E-state index in [1.165, 1.54) is 23.9 Å². The summed E-state index contributed by atoms with van der Waals surface area (Å²) in [6.45, 7) is 8.13. The molecule has 0 bridgehead atoms. The molecule has 39 heavy (non-hydrogen) atoms. The number of thioether (sulfide) groups is 1. The molecular formula is C29H32F3N5OS. The van der Waals surface area contributed by atoms with Gasteiger partial charge in [-0.15, -0.1) is 0 Å². The third-order valence-corrected chi connectivity index (χ3v) is 8.31. The van der Waals surface area contributed by atoms with Crippen molar-refractivity contribution in [3.8, 4) is 0 Å². The lowest BCUT2D eigenvalue weighted by molar-refractivity contribution is -0.137. The predicted octanol–water partition coefficient (Wildman–Crippen LogP) is 5.97. The highest BCUT2D eigenvalue weighted by atomic mass is 32.2. The fourth-order valence-corrected chi connectivity index (χ4v) is 5.89. The molecule has 3 aromatic rings. The van der Waals surface area contributed by atoms with Gasteiger partial charge in [-0.1, -0.05) is 30.0 Å². The normalized spacial score (nSPS) is 16.2. The SMILES string of the molecule is Cc1nc(SCc2cccc(C(=O)N3CCCC3)c2)nc(N2CCN(c3cccc(C(F)(F)F)c3)CC2)c1C. The number of piperazine rings is 1. The zero-order valence-corrected chi connectivity index (χ0v) is 23.0. The number of carbonyl (C=O) groups is 1. The smallest absolute Gasteiger partial charge is 0.368 e. The Kier molecular flexibility index (Phi) is 8.02. The van der Waals surface area contributed by atoms with Crippen molar-refractivity contribution >= 4 is 29.2 Å². The van der Waals surface area contributed by atoms with E-state index in [1.54, 1.807) is 6.07 Å². The van der Waals surface area contributed by atoms with Crippen LogP contribution < -0.4 is 9.80 Å². The van der Waals surface area contributed by atoms with E-state index >= 15 is 0 Å². The van der Waals surface area contributed by atoms with Gasteiger partial charge in [-0.3, -0.25) is 4.79 Å². The third kappa shape index (κ3) is 6.32. The van der Waals surface area contributed by atoms with Crippen LogP contribution in [0.25, 0.3) is 0 Å². The molecule has 206 valence electrons. The van der Waals surface area contributed by atoms with E-state index in [2.05, 4.69) is 4.90 Å². The molecule has 0 atom stereocenters. The quantitative estimate of drug-likeness (QED) is 0.276. The number of anilines is 2. The Bertz CT molecular complexity index is 1330. The van der Waals surface area contributed by atoms with Crippen molar-refractivity contribution in [1.29, 1.82) is 0 Å². The summed E-state index contributed by atoms with van der Waals surface area (Å²) in [5, 5.41) is 0.671. The van der Waals surface area contributed by atoms with E-state index in [1.807, 2.05) is 47.9 Å². The molecule has 5 rings (SSSR count). The van der Waals surface area contributed by atoms with E-state index in [-0.39, 0.29) is 5.91 Å². The van der Waals surface area contributed by atoms with Gasteiger partial charge in [-0.2, -0.15) is 13.2 Å². The van der Waals surface area contributed by atoms with Crippen molar-refractivity contribution in [3.05, 3.63) is 76.5 Å². The molecule has 0 saturated carbocycles. The lowest BCUT2D eigenvalue weighted by Crippen LogP contribution is -2.47. The molecule has 2 fully saturated rings. The number of aromatic nitrogens is 2. The van der Waals surface area contributed by atoms with Gasteiger partial charge in [-0.25, -0.2) is 9.97 Å². The number of amides is 1. The van der Waals surface area contributed by atoms with E-state index < -0.39 is 11.7 Å². The maximum Gasteiger partial charge on any atom is 0.416 e. The number of alkyl halides is 3. The summed E-state index contributed by atoms with van der Waals surface area (Å²) >= 11 is 1.54. The minimum atomic E-state index is -4.35. The fraction of sp³-hybridized carbons (Fsp3) is 0.414. The van der Waals surface area contributed by atoms with Crippen LogP contribution in [0.2, 0.25) is 0 Å². The Labute approximate surface area is 231 Å². The molecule has 3 heterocycles. The second kappa shape index (κ2) is 11.5. The number of hydrogen-bond donors (Lipinski definition) is 0. The van der Waals surface area contributed by atoms with Crippen LogP contribution in [0.4, 0.5) is 24.7 Å². The molecule has 0 N–H and O–H groups in total. The van der Waals surface area contributed by atoms with Gasteiger partial charge in [0.2, 0.25) is 0 Å². The molecule has 2 saturated heterocycles. The topological polar surface area (TPSA) is 52.6 Å². The van der Waals surface area contributed by atoms with E-state index in [4.69, 9.17) is 9.97 Å². The largest absolute Gasteiger partial charge is 0.416 e. The zero-order valence-electron chi connectivity index (χ0n) is 22.2. The molecule has 0 spiro atoms. The molecule has 0 unspecified atom stereocenters. The molecule has 1 amide bonds. The molecule has 10 heteroatoms. The lowest BCUT2D eigenvalue weighted by Gasteiger charge is -2.37. The summed E-state index contributed by atoms with van der Waals surface area (Å²) in [5.41, 5.74) is 3.63. The van der Waals surface area contributed by atoms with Gasteiger partial charge in [0.15, 0.2) is 5.16 Å². The van der Waals surface area contributed by atoms with Gasteiger partial charge < -0.3 is 14.7 Å². The number of carbonyl (C=O) groups excluding carboxylic acids is 1. The molecule has 2 aliphatic rings. The average molecular weight is 556 g/mol. The molecule has 2 aliphatic heterocycles. The summed E-state index contributed by atoms with van der Waals surface area (Å²) in [4.78, 5) is 28.4. The summed E-state index contributed by atoms with van der Waals surface area (Å²) < 4.78 is 39.5. The Morgan fingerprint density at radius 1 is 0.897 bits per heavy atom. The van der Waals surface area contributed by atoms with Gasteiger partial charge in [-0.05, 0) is 62.6 Å². The Morgan fingerprint density at radius 2 is 1.59 bits per heavy atom. The van der Waals surface area contributed by atoms with Crippen molar-refractivity contribution in [2.24, 2.45) is 0 Å². The first kappa shape index (κ1) is 27.3. The summed E-state index contributed by atoms with van der Waals surface area (Å²) in [5.74, 6) is 1.60. The molecular weight excluding hydrogens is 523 g/mol. The van der Waals surface area contributed by atoms with E-state index in [0.29, 0.717) is 42.8 Å². The third-order valence-electron chi connectivity index (χ3n) is 7.40. The predicted molar refractivity (Wildman–Crippen MR) is 149 cm³/mol. The van der Waals surface area contributed by atoms with Gasteiger partial charge in [0.25, 0.3) is 5.91 Å². The van der Waals surface area contributed by atoms with E-state index in [0.717, 1.165) is 60.2 Å². The number of aryl methyl sites for hydroxylation is 1. The number of rotatable bonds is 6. The van der Waals surface area contributed by atoms with Gasteiger partial charge in [0.1, 0.15) is 5.82 Å². The lowest BCUT2D eigenvalue weighted by atomic mass is 10.1. The summed E-state index contributed by atoms with van der Waals surface area (Å²) in [6.07, 6.45) is -2.23. The minimum absolute atomic E-state index is 0.0911. The maximum atomic E-state index is 13.2. The average Bonchev–Trinajstić information content (AvgIpc) is 3.48. The molecule has 6 nitrogen and oxygen atoms in total. The van der Waals surface area contributed by atoms with Crippen LogP contribution in [0.3, 0.4) is 0 Å². The number of nitrogens with zero attached hydrogens (tertiary/aromatic N) is 5. The highest BCUT2D eigenvalue weighted by molar-refractivity contribution is 7.98. The Balaban J connectivity index is 1.24. The van der Waals surface area contributed by atoms with Gasteiger partial charge in [0.05, 0.1) is 5.56 Å². The molecule has 2 aromatic carbocycles. The highest BCUT2D eigenvalue weighted by Crippen LogP contribution is 2.33. The Morgan fingerprint density at radius 3 is 2.31 bits per heavy atom. The van der Waals surface area contributed by atoms with Gasteiger partial charge in [0, 0.05) is 67.5 Å². The first-order valence-electron chi connectivity index (χ1n) is 13.2. The standard InChI is InChI=1S/C29H32F3N5OS/c1-20-21(2)33-28(39-19-22-7-5-8-23(17-22)27(38)37-11-3-4-12-37)34-26(20)36-15-13-35(14-16-36)25-10-6-9-24(18-25)29(30,31)32/h5-10,17-18H,3-4,11-16,19H2,1-2H3. The van der Waals surface area contributed by atoms with Crippen molar-refractivity contribution in [2.45, 2.75) is 43.8 Å². The minimum Gasteiger partial charge on any atom is -0.368 e. The maximum absolute atomic E-state index is 13.2. The first-order valence-corrected chi connectivity index (χ1v) is 14.2. The molecule has 0 aliphatic carbocycles. The van der Waals surface area contributed by atoms with E-state index in [9.17, 15) is 18.0 Å². The number of benzene rings is 2. The molecule has 0 radical (unpaired) electrons. The van der Waals surface area contributed by atoms with Crippen LogP contribution in [-0.4, -0.2) is 60.0 Å². The van der Waals surface area contributed by atoms with Crippen molar-refractivity contribution in [3.63, 3.8) is 0 Å². The van der Waals surface area contributed by atoms with Gasteiger partial charge >= 0.3 is 6.18 Å². The molecule has 1 aromatic heterocycles. The number of halogens is 3.